The van der Waals surface area contributed by atoms with Crippen molar-refractivity contribution >= 4 is 12.7 Å². The molecule has 2 N–H and O–H groups in total. The second-order valence-electron chi connectivity index (χ2n) is 1.30. The van der Waals surface area contributed by atoms with Crippen LogP contribution in [0, 0.1) is 0 Å². The average molecular weight is 116 g/mol. The molecule has 4 heteroatoms. The first-order valence-corrected chi connectivity index (χ1v) is 2.21. The molecule has 0 atom stereocenters. The second-order valence-corrected chi connectivity index (χ2v) is 1.30. The fourth-order valence-electron chi connectivity index (χ4n) is 0.254. The molecule has 0 aromatic heterocycles. The van der Waals surface area contributed by atoms with Crippen molar-refractivity contribution in [2.75, 3.05) is 6.54 Å². The predicted molar refractivity (Wildman–Crippen MR) is 27.6 cm³/mol. The zero-order valence-electron chi connectivity index (χ0n) is 4.41. The van der Waals surface area contributed by atoms with Gasteiger partial charge in [-0.25, -0.2) is 5.84 Å². The van der Waals surface area contributed by atoms with Gasteiger partial charge < -0.3 is 4.79 Å². The summed E-state index contributed by atoms with van der Waals surface area (Å²) >= 11 is 0. The van der Waals surface area contributed by atoms with Gasteiger partial charge in [-0.05, 0) is 0 Å². The van der Waals surface area contributed by atoms with Crippen LogP contribution in [0.15, 0.2) is 0 Å². The Morgan fingerprint density at radius 2 is 2.12 bits per heavy atom. The van der Waals surface area contributed by atoms with Gasteiger partial charge in [-0.1, -0.05) is 0 Å². The first-order valence-electron chi connectivity index (χ1n) is 2.21. The molecule has 0 aromatic rings. The Labute approximate surface area is 47.2 Å². The maximum absolute atomic E-state index is 9.70. The largest absolute Gasteiger partial charge is 0.303 e. The van der Waals surface area contributed by atoms with Crippen molar-refractivity contribution < 1.29 is 9.59 Å². The molecular weight excluding hydrogens is 108 g/mol. The molecule has 0 saturated heterocycles. The van der Waals surface area contributed by atoms with Gasteiger partial charge in [0.05, 0.1) is 0 Å². The Balaban J connectivity index is 3.09. The highest BCUT2D eigenvalue weighted by Gasteiger charge is 1.88. The highest BCUT2D eigenvalue weighted by Crippen LogP contribution is 1.72. The molecule has 0 aliphatic rings. The predicted octanol–water partition coefficient (Wildman–Crippen LogP) is -1.09. The van der Waals surface area contributed by atoms with E-state index in [2.05, 4.69) is 0 Å². The van der Waals surface area contributed by atoms with E-state index in [0.29, 0.717) is 25.7 Å². The van der Waals surface area contributed by atoms with Gasteiger partial charge in [0.2, 0.25) is 6.41 Å². The molecule has 0 fully saturated rings. The van der Waals surface area contributed by atoms with Gasteiger partial charge in [0.1, 0.15) is 6.29 Å². The highest BCUT2D eigenvalue weighted by molar-refractivity contribution is 5.51. The summed E-state index contributed by atoms with van der Waals surface area (Å²) in [6, 6.07) is 0. The van der Waals surface area contributed by atoms with Gasteiger partial charge in [-0.3, -0.25) is 9.80 Å². The molecule has 4 nitrogen and oxygen atoms in total. The molecule has 8 heavy (non-hydrogen) atoms. The minimum absolute atomic E-state index is 0.299. The fraction of sp³-hybridized carbons (Fsp3) is 0.500. The standard InChI is InChI=1S/C4H8N2O2/c5-6(4-8)2-1-3-7/h3-4H,1-2,5H2. The molecule has 0 aliphatic carbocycles. The molecule has 0 bridgehead atoms. The summed E-state index contributed by atoms with van der Waals surface area (Å²) in [6.07, 6.45) is 1.49. The van der Waals surface area contributed by atoms with E-state index in [-0.39, 0.29) is 0 Å². The molecule has 0 rings (SSSR count). The van der Waals surface area contributed by atoms with Gasteiger partial charge >= 0.3 is 0 Å². The SMILES string of the molecule is NN(C=O)CCC=O. The van der Waals surface area contributed by atoms with Gasteiger partial charge in [-0.15, -0.1) is 0 Å². The third kappa shape index (κ3) is 3.30. The van der Waals surface area contributed by atoms with E-state index >= 15 is 0 Å². The van der Waals surface area contributed by atoms with Gasteiger partial charge in [0.25, 0.3) is 0 Å². The van der Waals surface area contributed by atoms with Crippen LogP contribution in [-0.4, -0.2) is 24.2 Å². The van der Waals surface area contributed by atoms with Crippen LogP contribution in [-0.2, 0) is 9.59 Å². The second kappa shape index (κ2) is 4.26. The molecule has 0 radical (unpaired) electrons. The molecular formula is C4H8N2O2. The number of carbonyl (C=O) groups is 2. The van der Waals surface area contributed by atoms with Crippen molar-refractivity contribution in [3.8, 4) is 0 Å². The summed E-state index contributed by atoms with van der Waals surface area (Å²) in [7, 11) is 0. The van der Waals surface area contributed by atoms with Crippen molar-refractivity contribution in [1.82, 2.24) is 5.01 Å². The summed E-state index contributed by atoms with van der Waals surface area (Å²) in [5, 5.41) is 0.925. The number of amides is 1. The summed E-state index contributed by atoms with van der Waals surface area (Å²) in [6.45, 7) is 0.299. The van der Waals surface area contributed by atoms with E-state index in [1.54, 1.807) is 0 Å². The zero-order chi connectivity index (χ0) is 6.41. The van der Waals surface area contributed by atoms with Crippen LogP contribution in [0.25, 0.3) is 0 Å². The number of nitrogens with two attached hydrogens (primary N) is 1. The average Bonchev–Trinajstić information content (AvgIpc) is 1.83. The Kier molecular flexibility index (Phi) is 3.78. The van der Waals surface area contributed by atoms with E-state index in [4.69, 9.17) is 5.84 Å². The van der Waals surface area contributed by atoms with Crippen LogP contribution in [0.2, 0.25) is 0 Å². The smallest absolute Gasteiger partial charge is 0.223 e. The number of hydrogen-bond donors (Lipinski definition) is 1. The van der Waals surface area contributed by atoms with E-state index < -0.39 is 0 Å². The van der Waals surface area contributed by atoms with E-state index in [1.807, 2.05) is 0 Å². The van der Waals surface area contributed by atoms with E-state index in [9.17, 15) is 9.59 Å². The maximum atomic E-state index is 9.70. The van der Waals surface area contributed by atoms with E-state index in [0.717, 1.165) is 5.01 Å². The number of aldehydes is 1. The van der Waals surface area contributed by atoms with Gasteiger partial charge in [0.15, 0.2) is 0 Å². The van der Waals surface area contributed by atoms with Crippen molar-refractivity contribution in [2.45, 2.75) is 6.42 Å². The summed E-state index contributed by atoms with van der Waals surface area (Å²) < 4.78 is 0. The normalized spacial score (nSPS) is 8.12. The monoisotopic (exact) mass is 116 g/mol. The van der Waals surface area contributed by atoms with Crippen LogP contribution >= 0.6 is 0 Å². The molecule has 0 aliphatic heterocycles. The minimum atomic E-state index is 0.299. The third-order valence-electron chi connectivity index (χ3n) is 0.641. The van der Waals surface area contributed by atoms with E-state index in [1.165, 1.54) is 0 Å². The lowest BCUT2D eigenvalue weighted by Gasteiger charge is -2.04. The Morgan fingerprint density at radius 3 is 2.50 bits per heavy atom. The molecule has 46 valence electrons. The first kappa shape index (κ1) is 7.10. The van der Waals surface area contributed by atoms with Crippen molar-refractivity contribution in [3.05, 3.63) is 0 Å². The topological polar surface area (TPSA) is 63.4 Å². The van der Waals surface area contributed by atoms with Crippen LogP contribution in [0.4, 0.5) is 0 Å². The number of nitrogens with zero attached hydrogens (tertiary/aromatic N) is 1. The fourth-order valence-corrected chi connectivity index (χ4v) is 0.254. The highest BCUT2D eigenvalue weighted by atomic mass is 16.1. The van der Waals surface area contributed by atoms with Gasteiger partial charge in [0, 0.05) is 13.0 Å². The summed E-state index contributed by atoms with van der Waals surface area (Å²) in [5.41, 5.74) is 0. The third-order valence-corrected chi connectivity index (χ3v) is 0.641. The molecule has 0 unspecified atom stereocenters. The maximum Gasteiger partial charge on any atom is 0.223 e. The number of hydrogen-bond acceptors (Lipinski definition) is 3. The van der Waals surface area contributed by atoms with Crippen LogP contribution < -0.4 is 5.84 Å². The van der Waals surface area contributed by atoms with Crippen LogP contribution in [0.3, 0.4) is 0 Å². The lowest BCUT2D eigenvalue weighted by Crippen LogP contribution is -2.30. The first-order chi connectivity index (χ1) is 3.81. The number of rotatable bonds is 4. The quantitative estimate of drug-likeness (QED) is 0.219. The summed E-state index contributed by atoms with van der Waals surface area (Å²) in [5.74, 6) is 4.97. The molecule has 0 spiro atoms. The number of hydrazine groups is 1. The Morgan fingerprint density at radius 1 is 1.50 bits per heavy atom. The number of carbonyl (C=O) groups excluding carboxylic acids is 2. The zero-order valence-corrected chi connectivity index (χ0v) is 4.41. The molecule has 0 heterocycles. The van der Waals surface area contributed by atoms with Gasteiger partial charge in [-0.2, -0.15) is 0 Å². The minimum Gasteiger partial charge on any atom is -0.303 e. The Hall–Kier alpha value is -0.900. The summed E-state index contributed by atoms with van der Waals surface area (Å²) in [4.78, 5) is 19.3. The lowest BCUT2D eigenvalue weighted by atomic mass is 10.5. The van der Waals surface area contributed by atoms with Crippen molar-refractivity contribution in [1.29, 1.82) is 0 Å². The van der Waals surface area contributed by atoms with Crippen molar-refractivity contribution in [2.24, 2.45) is 5.84 Å². The van der Waals surface area contributed by atoms with Crippen LogP contribution in [0.1, 0.15) is 6.42 Å². The molecule has 0 aromatic carbocycles. The molecule has 0 saturated carbocycles. The van der Waals surface area contributed by atoms with Crippen LogP contribution in [0.5, 0.6) is 0 Å². The Bertz CT molecular complexity index is 84.1. The van der Waals surface area contributed by atoms with Crippen molar-refractivity contribution in [3.63, 3.8) is 0 Å². The molecule has 1 amide bonds. The lowest BCUT2D eigenvalue weighted by molar-refractivity contribution is -0.118.